The molecule has 1 aliphatic heterocycles. The largest absolute Gasteiger partial charge is 0.394 e. The van der Waals surface area contributed by atoms with Gasteiger partial charge in [-0.15, -0.1) is 0 Å². The fourth-order valence-electron chi connectivity index (χ4n) is 2.13. The van der Waals surface area contributed by atoms with E-state index in [4.69, 9.17) is 5.73 Å². The van der Waals surface area contributed by atoms with Gasteiger partial charge in [-0.05, 0) is 33.1 Å². The zero-order valence-corrected chi connectivity index (χ0v) is 12.5. The molecule has 112 valence electrons. The number of aliphatic hydroxyl groups is 1. The molecule has 0 aromatic carbocycles. The molecule has 20 heavy (non-hydrogen) atoms. The lowest BCUT2D eigenvalue weighted by Crippen LogP contribution is -2.45. The number of hydrogen-bond acceptors (Lipinski definition) is 7. The quantitative estimate of drug-likeness (QED) is 0.836. The second-order valence-corrected chi connectivity index (χ2v) is 5.87. The molecule has 1 fully saturated rings. The van der Waals surface area contributed by atoms with E-state index >= 15 is 0 Å². The number of likely N-dealkylation sites (N-methyl/N-ethyl adjacent to an activating group) is 1. The third kappa shape index (κ3) is 3.09. The molecule has 1 aliphatic rings. The van der Waals surface area contributed by atoms with E-state index in [9.17, 15) is 5.11 Å². The average Bonchev–Trinajstić information content (AvgIpc) is 2.46. The van der Waals surface area contributed by atoms with E-state index in [1.54, 1.807) is 0 Å². The Morgan fingerprint density at radius 2 is 1.85 bits per heavy atom. The molecule has 0 unspecified atom stereocenters. The van der Waals surface area contributed by atoms with E-state index in [2.05, 4.69) is 19.9 Å². The van der Waals surface area contributed by atoms with Gasteiger partial charge in [0.2, 0.25) is 17.8 Å². The fraction of sp³-hybridized carbons (Fsp3) is 0.769. The molecule has 7 nitrogen and oxygen atoms in total. The number of aliphatic hydroxyl groups excluding tert-OH is 1. The lowest BCUT2D eigenvalue weighted by Gasteiger charge is -2.34. The van der Waals surface area contributed by atoms with Crippen molar-refractivity contribution in [2.24, 2.45) is 0 Å². The fourth-order valence-corrected chi connectivity index (χ4v) is 2.13. The zero-order chi connectivity index (χ0) is 14.8. The summed E-state index contributed by atoms with van der Waals surface area (Å²) in [4.78, 5) is 16.9. The number of anilines is 3. The van der Waals surface area contributed by atoms with Crippen molar-refractivity contribution < 1.29 is 5.11 Å². The number of rotatable bonds is 4. The van der Waals surface area contributed by atoms with Crippen LogP contribution in [0.4, 0.5) is 17.8 Å². The van der Waals surface area contributed by atoms with E-state index in [0.717, 1.165) is 25.9 Å². The van der Waals surface area contributed by atoms with Crippen molar-refractivity contribution in [2.45, 2.75) is 38.6 Å². The summed E-state index contributed by atoms with van der Waals surface area (Å²) in [6.07, 6.45) is 3.55. The highest BCUT2D eigenvalue weighted by atomic mass is 16.3. The molecule has 0 bridgehead atoms. The molecule has 0 amide bonds. The maximum Gasteiger partial charge on any atom is 0.232 e. The van der Waals surface area contributed by atoms with Gasteiger partial charge in [-0.3, -0.25) is 0 Å². The Hall–Kier alpha value is -1.63. The molecular formula is C13H24N6O. The first-order valence-corrected chi connectivity index (χ1v) is 7.05. The predicted molar refractivity (Wildman–Crippen MR) is 79.9 cm³/mol. The highest BCUT2D eigenvalue weighted by Gasteiger charge is 2.26. The summed E-state index contributed by atoms with van der Waals surface area (Å²) >= 11 is 0. The van der Waals surface area contributed by atoms with Gasteiger partial charge in [-0.1, -0.05) is 0 Å². The molecule has 0 spiro atoms. The summed E-state index contributed by atoms with van der Waals surface area (Å²) in [5.41, 5.74) is 5.36. The summed E-state index contributed by atoms with van der Waals surface area (Å²) in [6, 6.07) is 0. The summed E-state index contributed by atoms with van der Waals surface area (Å²) in [5, 5.41) is 9.46. The van der Waals surface area contributed by atoms with E-state index in [1.807, 2.05) is 25.8 Å². The molecule has 2 heterocycles. The van der Waals surface area contributed by atoms with Crippen LogP contribution in [0.25, 0.3) is 0 Å². The molecule has 1 aromatic heterocycles. The molecule has 0 radical (unpaired) electrons. The first-order chi connectivity index (χ1) is 9.44. The molecule has 1 saturated heterocycles. The average molecular weight is 280 g/mol. The molecule has 7 heteroatoms. The molecule has 1 aromatic rings. The van der Waals surface area contributed by atoms with Crippen molar-refractivity contribution in [2.75, 3.05) is 42.3 Å². The number of nitrogens with zero attached hydrogens (tertiary/aromatic N) is 5. The smallest absolute Gasteiger partial charge is 0.232 e. The van der Waals surface area contributed by atoms with Gasteiger partial charge in [0.15, 0.2) is 0 Å². The van der Waals surface area contributed by atoms with Crippen LogP contribution in [0.5, 0.6) is 0 Å². The van der Waals surface area contributed by atoms with Gasteiger partial charge in [-0.2, -0.15) is 15.0 Å². The molecule has 2 rings (SSSR count). The molecular weight excluding hydrogens is 256 g/mol. The Morgan fingerprint density at radius 1 is 1.20 bits per heavy atom. The van der Waals surface area contributed by atoms with Crippen molar-refractivity contribution in [3.8, 4) is 0 Å². The van der Waals surface area contributed by atoms with Crippen LogP contribution in [0.15, 0.2) is 0 Å². The van der Waals surface area contributed by atoms with Crippen LogP contribution in [0, 0.1) is 0 Å². The number of nitrogen functional groups attached to an aromatic ring is 1. The minimum atomic E-state index is -0.451. The summed E-state index contributed by atoms with van der Waals surface area (Å²) in [5.74, 6) is 1.35. The molecule has 3 N–H and O–H groups in total. The van der Waals surface area contributed by atoms with Crippen molar-refractivity contribution in [1.29, 1.82) is 0 Å². The van der Waals surface area contributed by atoms with Crippen molar-refractivity contribution >= 4 is 17.8 Å². The molecule has 0 atom stereocenters. The Balaban J connectivity index is 2.28. The van der Waals surface area contributed by atoms with Gasteiger partial charge in [0, 0.05) is 20.1 Å². The van der Waals surface area contributed by atoms with Gasteiger partial charge < -0.3 is 20.6 Å². The van der Waals surface area contributed by atoms with Crippen LogP contribution in [-0.4, -0.2) is 52.3 Å². The highest BCUT2D eigenvalue weighted by molar-refractivity contribution is 5.44. The summed E-state index contributed by atoms with van der Waals surface area (Å²) in [6.45, 7) is 5.77. The monoisotopic (exact) mass is 280 g/mol. The van der Waals surface area contributed by atoms with Gasteiger partial charge in [0.25, 0.3) is 0 Å². The maximum absolute atomic E-state index is 9.46. The first kappa shape index (κ1) is 14.8. The van der Waals surface area contributed by atoms with Gasteiger partial charge >= 0.3 is 0 Å². The van der Waals surface area contributed by atoms with E-state index in [-0.39, 0.29) is 12.6 Å². The normalized spacial score (nSPS) is 16.3. The third-order valence-corrected chi connectivity index (χ3v) is 3.86. The maximum atomic E-state index is 9.46. The number of nitrogens with two attached hydrogens (primary N) is 1. The van der Waals surface area contributed by atoms with Crippen molar-refractivity contribution in [1.82, 2.24) is 15.0 Å². The Morgan fingerprint density at radius 3 is 2.45 bits per heavy atom. The van der Waals surface area contributed by atoms with Crippen LogP contribution >= 0.6 is 0 Å². The summed E-state index contributed by atoms with van der Waals surface area (Å²) in [7, 11) is 1.85. The Kier molecular flexibility index (Phi) is 4.27. The van der Waals surface area contributed by atoms with Crippen LogP contribution < -0.4 is 15.5 Å². The third-order valence-electron chi connectivity index (χ3n) is 3.86. The topological polar surface area (TPSA) is 91.4 Å². The van der Waals surface area contributed by atoms with E-state index < -0.39 is 5.54 Å². The lowest BCUT2D eigenvalue weighted by atomic mass is 10.1. The van der Waals surface area contributed by atoms with Crippen LogP contribution in [0.1, 0.15) is 33.1 Å². The lowest BCUT2D eigenvalue weighted by molar-refractivity contribution is 0.215. The number of piperidine rings is 1. The SMILES string of the molecule is CN(c1nc(N)nc(N2CCCCC2)n1)C(C)(C)CO. The van der Waals surface area contributed by atoms with E-state index in [1.165, 1.54) is 6.42 Å². The Bertz CT molecular complexity index is 458. The highest BCUT2D eigenvalue weighted by Crippen LogP contribution is 2.22. The van der Waals surface area contributed by atoms with Crippen molar-refractivity contribution in [3.05, 3.63) is 0 Å². The van der Waals surface area contributed by atoms with Crippen LogP contribution in [0.2, 0.25) is 0 Å². The standard InChI is InChI=1S/C13H24N6O/c1-13(2,9-20)18(3)11-15-10(14)16-12(17-11)19-7-5-4-6-8-19/h20H,4-9H2,1-3H3,(H2,14,15,16,17). The van der Waals surface area contributed by atoms with Crippen LogP contribution in [-0.2, 0) is 0 Å². The number of hydrogen-bond donors (Lipinski definition) is 2. The number of aromatic nitrogens is 3. The second kappa shape index (κ2) is 5.78. The molecule has 0 saturated carbocycles. The second-order valence-electron chi connectivity index (χ2n) is 5.87. The van der Waals surface area contributed by atoms with Crippen LogP contribution in [0.3, 0.4) is 0 Å². The van der Waals surface area contributed by atoms with Gasteiger partial charge in [0.05, 0.1) is 12.1 Å². The first-order valence-electron chi connectivity index (χ1n) is 7.05. The van der Waals surface area contributed by atoms with Gasteiger partial charge in [-0.25, -0.2) is 0 Å². The van der Waals surface area contributed by atoms with E-state index in [0.29, 0.717) is 11.9 Å². The summed E-state index contributed by atoms with van der Waals surface area (Å²) < 4.78 is 0. The van der Waals surface area contributed by atoms with Crippen molar-refractivity contribution in [3.63, 3.8) is 0 Å². The predicted octanol–water partition coefficient (Wildman–Crippen LogP) is 0.651. The van der Waals surface area contributed by atoms with Gasteiger partial charge in [0.1, 0.15) is 0 Å². The molecule has 0 aliphatic carbocycles. The Labute approximate surface area is 119 Å². The zero-order valence-electron chi connectivity index (χ0n) is 12.5. The minimum Gasteiger partial charge on any atom is -0.394 e. The minimum absolute atomic E-state index is 0.00807.